The number of halogens is 1. The number of nitrogens with one attached hydrogen (secondary N) is 1. The zero-order chi connectivity index (χ0) is 19.5. The van der Waals surface area contributed by atoms with Gasteiger partial charge < -0.3 is 5.32 Å². The molecule has 0 fully saturated rings. The Hall–Kier alpha value is -2.77. The second-order valence-electron chi connectivity index (χ2n) is 8.36. The van der Waals surface area contributed by atoms with Crippen molar-refractivity contribution in [2.45, 2.75) is 25.3 Å². The van der Waals surface area contributed by atoms with E-state index in [0.29, 0.717) is 11.8 Å². The highest BCUT2D eigenvalue weighted by Gasteiger charge is 2.40. The van der Waals surface area contributed by atoms with Crippen molar-refractivity contribution in [2.24, 2.45) is 5.92 Å². The van der Waals surface area contributed by atoms with E-state index in [2.05, 4.69) is 85.1 Å². The van der Waals surface area contributed by atoms with Crippen molar-refractivity contribution in [3.63, 3.8) is 0 Å². The van der Waals surface area contributed by atoms with Gasteiger partial charge in [-0.1, -0.05) is 78.4 Å². The minimum atomic E-state index is 0.246. The largest absolute Gasteiger partial charge is 0.377 e. The minimum absolute atomic E-state index is 0.246. The summed E-state index contributed by atoms with van der Waals surface area (Å²) in [5.74, 6) is 0.831. The highest BCUT2D eigenvalue weighted by atomic mass is 35.5. The van der Waals surface area contributed by atoms with Crippen LogP contribution in [-0.2, 0) is 0 Å². The third-order valence-electron chi connectivity index (χ3n) is 6.80. The van der Waals surface area contributed by atoms with Crippen molar-refractivity contribution in [2.75, 3.05) is 5.32 Å². The summed E-state index contributed by atoms with van der Waals surface area (Å²) in [5, 5.41) is 10.1. The van der Waals surface area contributed by atoms with Crippen LogP contribution in [0.15, 0.2) is 78.9 Å². The van der Waals surface area contributed by atoms with Crippen LogP contribution in [0.3, 0.4) is 0 Å². The molecule has 1 heterocycles. The zero-order valence-corrected chi connectivity index (χ0v) is 17.1. The van der Waals surface area contributed by atoms with E-state index in [4.69, 9.17) is 11.6 Å². The molecule has 3 unspecified atom stereocenters. The van der Waals surface area contributed by atoms with Crippen LogP contribution in [0.1, 0.15) is 35.1 Å². The van der Waals surface area contributed by atoms with Crippen LogP contribution in [-0.4, -0.2) is 0 Å². The first-order valence-corrected chi connectivity index (χ1v) is 10.7. The van der Waals surface area contributed by atoms with Crippen LogP contribution in [0, 0.1) is 12.8 Å². The Kier molecular flexibility index (Phi) is 3.76. The molecule has 29 heavy (non-hydrogen) atoms. The minimum Gasteiger partial charge on any atom is -0.377 e. The fourth-order valence-electron chi connectivity index (χ4n) is 5.48. The number of fused-ring (bicyclic) bond motifs is 5. The molecule has 0 radical (unpaired) electrons. The quantitative estimate of drug-likeness (QED) is 0.256. The third-order valence-corrected chi connectivity index (χ3v) is 7.13. The molecule has 2 heteroatoms. The molecule has 0 saturated heterocycles. The van der Waals surface area contributed by atoms with Crippen LogP contribution in [0.5, 0.6) is 0 Å². The van der Waals surface area contributed by atoms with Gasteiger partial charge in [0.25, 0.3) is 0 Å². The maximum atomic E-state index is 6.69. The molecular formula is C27H22ClN. The first-order valence-electron chi connectivity index (χ1n) is 10.3. The number of anilines is 1. The molecule has 0 spiro atoms. The molecule has 142 valence electrons. The van der Waals surface area contributed by atoms with Gasteiger partial charge in [-0.15, -0.1) is 0 Å². The van der Waals surface area contributed by atoms with Crippen molar-refractivity contribution in [3.05, 3.63) is 101 Å². The monoisotopic (exact) mass is 395 g/mol. The molecule has 6 rings (SSSR count). The summed E-state index contributed by atoms with van der Waals surface area (Å²) in [6.07, 6.45) is 5.78. The normalized spacial score (nSPS) is 22.5. The Labute approximate surface area is 176 Å². The SMILES string of the molecule is Cc1ccc(Cl)c2c1NC(c1c3ccccc3cc3ccccc13)C1CC=CC21. The lowest BCUT2D eigenvalue weighted by molar-refractivity contribution is 0.429. The van der Waals surface area contributed by atoms with Gasteiger partial charge in [0.2, 0.25) is 0 Å². The van der Waals surface area contributed by atoms with E-state index >= 15 is 0 Å². The number of hydrogen-bond acceptors (Lipinski definition) is 1. The fraction of sp³-hybridized carbons (Fsp3) is 0.185. The van der Waals surface area contributed by atoms with Gasteiger partial charge in [0, 0.05) is 22.2 Å². The smallest absolute Gasteiger partial charge is 0.0566 e. The molecule has 2 aliphatic rings. The maximum Gasteiger partial charge on any atom is 0.0566 e. The molecule has 4 aromatic carbocycles. The fourth-order valence-corrected chi connectivity index (χ4v) is 5.76. The van der Waals surface area contributed by atoms with Gasteiger partial charge in [-0.25, -0.2) is 0 Å². The van der Waals surface area contributed by atoms with E-state index < -0.39 is 0 Å². The van der Waals surface area contributed by atoms with E-state index in [9.17, 15) is 0 Å². The molecular weight excluding hydrogens is 374 g/mol. The summed E-state index contributed by atoms with van der Waals surface area (Å²) in [4.78, 5) is 0. The van der Waals surface area contributed by atoms with Crippen LogP contribution in [0.2, 0.25) is 5.02 Å². The number of allylic oxidation sites excluding steroid dienone is 2. The Morgan fingerprint density at radius 3 is 2.28 bits per heavy atom. The van der Waals surface area contributed by atoms with E-state index in [0.717, 1.165) is 11.4 Å². The number of rotatable bonds is 1. The lowest BCUT2D eigenvalue weighted by Crippen LogP contribution is -2.30. The van der Waals surface area contributed by atoms with E-state index in [1.54, 1.807) is 0 Å². The topological polar surface area (TPSA) is 12.0 Å². The highest BCUT2D eigenvalue weighted by Crippen LogP contribution is 2.54. The highest BCUT2D eigenvalue weighted by molar-refractivity contribution is 6.32. The summed E-state index contributed by atoms with van der Waals surface area (Å²) in [5.41, 5.74) is 5.17. The average Bonchev–Trinajstić information content (AvgIpc) is 3.24. The maximum absolute atomic E-state index is 6.69. The van der Waals surface area contributed by atoms with Crippen molar-refractivity contribution in [3.8, 4) is 0 Å². The second-order valence-corrected chi connectivity index (χ2v) is 8.77. The molecule has 3 atom stereocenters. The van der Waals surface area contributed by atoms with Gasteiger partial charge >= 0.3 is 0 Å². The Balaban J connectivity index is 1.66. The molecule has 1 aliphatic heterocycles. The van der Waals surface area contributed by atoms with E-state index in [-0.39, 0.29) is 6.04 Å². The number of hydrogen-bond donors (Lipinski definition) is 1. The standard InChI is InChI=1S/C27H22ClN/c1-16-13-14-23(28)25-21-11-6-12-22(21)27(29-26(16)25)24-19-9-4-2-7-17(19)15-18-8-3-5-10-20(18)24/h2-11,13-15,21-22,27,29H,12H2,1H3. The number of benzene rings is 4. The summed E-state index contributed by atoms with van der Waals surface area (Å²) in [6.45, 7) is 2.18. The van der Waals surface area contributed by atoms with E-state index in [1.807, 2.05) is 6.07 Å². The number of aryl methyl sites for hydroxylation is 1. The Morgan fingerprint density at radius 2 is 1.55 bits per heavy atom. The van der Waals surface area contributed by atoms with Crippen LogP contribution in [0.25, 0.3) is 21.5 Å². The lowest BCUT2D eigenvalue weighted by atomic mass is 9.74. The predicted octanol–water partition coefficient (Wildman–Crippen LogP) is 7.78. The van der Waals surface area contributed by atoms with E-state index in [1.165, 1.54) is 43.9 Å². The van der Waals surface area contributed by atoms with Crippen LogP contribution in [0.4, 0.5) is 5.69 Å². The molecule has 1 nitrogen and oxygen atoms in total. The van der Waals surface area contributed by atoms with Crippen molar-refractivity contribution < 1.29 is 0 Å². The van der Waals surface area contributed by atoms with Gasteiger partial charge in [0.15, 0.2) is 0 Å². The average molecular weight is 396 g/mol. The van der Waals surface area contributed by atoms with Gasteiger partial charge in [0.05, 0.1) is 6.04 Å². The summed E-state index contributed by atoms with van der Waals surface area (Å²) >= 11 is 6.69. The zero-order valence-electron chi connectivity index (χ0n) is 16.3. The molecule has 0 aromatic heterocycles. The van der Waals surface area contributed by atoms with Crippen molar-refractivity contribution >= 4 is 38.8 Å². The summed E-state index contributed by atoms with van der Waals surface area (Å²) < 4.78 is 0. The third kappa shape index (κ3) is 2.47. The second kappa shape index (κ2) is 6.37. The first-order chi connectivity index (χ1) is 14.2. The molecule has 0 amide bonds. The Morgan fingerprint density at radius 1 is 0.862 bits per heavy atom. The van der Waals surface area contributed by atoms with Crippen molar-refractivity contribution in [1.82, 2.24) is 0 Å². The van der Waals surface area contributed by atoms with Gasteiger partial charge in [-0.3, -0.25) is 0 Å². The first kappa shape index (κ1) is 17.1. The summed E-state index contributed by atoms with van der Waals surface area (Å²) in [7, 11) is 0. The summed E-state index contributed by atoms with van der Waals surface area (Å²) in [6, 6.07) is 24.3. The van der Waals surface area contributed by atoms with Crippen LogP contribution >= 0.6 is 11.6 Å². The van der Waals surface area contributed by atoms with Crippen molar-refractivity contribution in [1.29, 1.82) is 0 Å². The predicted molar refractivity (Wildman–Crippen MR) is 124 cm³/mol. The van der Waals surface area contributed by atoms with Gasteiger partial charge in [-0.2, -0.15) is 0 Å². The molecule has 0 saturated carbocycles. The molecule has 1 N–H and O–H groups in total. The lowest BCUT2D eigenvalue weighted by Gasteiger charge is -2.39. The Bertz CT molecular complexity index is 1250. The molecule has 1 aliphatic carbocycles. The van der Waals surface area contributed by atoms with Gasteiger partial charge in [0.1, 0.15) is 0 Å². The molecule has 4 aromatic rings. The van der Waals surface area contributed by atoms with Gasteiger partial charge in [-0.05, 0) is 64.1 Å². The molecule has 0 bridgehead atoms. The van der Waals surface area contributed by atoms with Crippen LogP contribution < -0.4 is 5.32 Å².